The van der Waals surface area contributed by atoms with E-state index in [2.05, 4.69) is 6.92 Å². The van der Waals surface area contributed by atoms with Gasteiger partial charge in [0.2, 0.25) is 0 Å². The summed E-state index contributed by atoms with van der Waals surface area (Å²) in [6.07, 6.45) is 2.17. The van der Waals surface area contributed by atoms with Crippen molar-refractivity contribution in [2.24, 2.45) is 23.5 Å². The molecule has 0 amide bonds. The Bertz CT molecular complexity index is 146. The first-order valence-electron chi connectivity index (χ1n) is 4.14. The quantitative estimate of drug-likeness (QED) is 0.511. The van der Waals surface area contributed by atoms with Gasteiger partial charge in [0, 0.05) is 6.04 Å². The second kappa shape index (κ2) is 1.95. The third-order valence-corrected chi connectivity index (χ3v) is 3.35. The van der Waals surface area contributed by atoms with Gasteiger partial charge >= 0.3 is 0 Å². The Labute approximate surface area is 61.4 Å². The summed E-state index contributed by atoms with van der Waals surface area (Å²) in [6.45, 7) is 2.25. The highest BCUT2D eigenvalue weighted by molar-refractivity contribution is 5.01. The highest BCUT2D eigenvalue weighted by Crippen LogP contribution is 2.47. The molecule has 2 aliphatic carbocycles. The van der Waals surface area contributed by atoms with Crippen LogP contribution in [0.4, 0.5) is 0 Å². The van der Waals surface area contributed by atoms with E-state index in [1.54, 1.807) is 0 Å². The summed E-state index contributed by atoms with van der Waals surface area (Å²) in [6, 6.07) is 0.0775. The van der Waals surface area contributed by atoms with E-state index in [0.29, 0.717) is 11.8 Å². The van der Waals surface area contributed by atoms with E-state index >= 15 is 0 Å². The van der Waals surface area contributed by atoms with Gasteiger partial charge in [-0.1, -0.05) is 6.92 Å². The first-order valence-corrected chi connectivity index (χ1v) is 4.14. The van der Waals surface area contributed by atoms with Gasteiger partial charge in [0.1, 0.15) is 0 Å². The van der Waals surface area contributed by atoms with E-state index in [0.717, 1.165) is 5.92 Å². The second-order valence-corrected chi connectivity index (χ2v) is 3.94. The zero-order valence-corrected chi connectivity index (χ0v) is 6.33. The van der Waals surface area contributed by atoms with Gasteiger partial charge in [-0.2, -0.15) is 0 Å². The maximum Gasteiger partial charge on any atom is 0.0722 e. The lowest BCUT2D eigenvalue weighted by Gasteiger charge is -2.27. The van der Waals surface area contributed by atoms with Crippen LogP contribution >= 0.6 is 0 Å². The first kappa shape index (κ1) is 6.62. The van der Waals surface area contributed by atoms with Crippen molar-refractivity contribution in [1.82, 2.24) is 0 Å². The van der Waals surface area contributed by atoms with Crippen molar-refractivity contribution in [3.8, 4) is 0 Å². The van der Waals surface area contributed by atoms with Crippen LogP contribution in [0.15, 0.2) is 0 Å². The number of nitrogens with two attached hydrogens (primary N) is 1. The largest absolute Gasteiger partial charge is 0.391 e. The van der Waals surface area contributed by atoms with Gasteiger partial charge in [0.15, 0.2) is 0 Å². The Hall–Kier alpha value is -0.0800. The van der Waals surface area contributed by atoms with Gasteiger partial charge in [0.05, 0.1) is 6.10 Å². The molecule has 2 bridgehead atoms. The lowest BCUT2D eigenvalue weighted by Crippen LogP contribution is -2.42. The van der Waals surface area contributed by atoms with Crippen LogP contribution in [0.3, 0.4) is 0 Å². The molecule has 2 saturated carbocycles. The molecule has 0 aromatic heterocycles. The summed E-state index contributed by atoms with van der Waals surface area (Å²) in [5.74, 6) is 1.89. The standard InChI is InChI=1S/C8H15NO/c1-4-2-5-3-6(4)7(9)8(5)10/h4-8,10H,2-3,9H2,1H3/t4-,5?,6?,7?,8?/m0/s1. The van der Waals surface area contributed by atoms with E-state index < -0.39 is 0 Å². The summed E-state index contributed by atoms with van der Waals surface area (Å²) in [4.78, 5) is 0. The van der Waals surface area contributed by atoms with E-state index in [9.17, 15) is 5.11 Å². The van der Waals surface area contributed by atoms with Crippen LogP contribution in [-0.2, 0) is 0 Å². The lowest BCUT2D eigenvalue weighted by atomic mass is 9.85. The van der Waals surface area contributed by atoms with Crippen molar-refractivity contribution in [3.05, 3.63) is 0 Å². The van der Waals surface area contributed by atoms with Crippen LogP contribution in [0, 0.1) is 17.8 Å². The number of fused-ring (bicyclic) bond motifs is 2. The third-order valence-electron chi connectivity index (χ3n) is 3.35. The topological polar surface area (TPSA) is 46.2 Å². The van der Waals surface area contributed by atoms with Crippen molar-refractivity contribution in [2.45, 2.75) is 31.9 Å². The van der Waals surface area contributed by atoms with Crippen LogP contribution in [0.25, 0.3) is 0 Å². The number of aliphatic hydroxyl groups excluding tert-OH is 1. The number of hydrogen-bond acceptors (Lipinski definition) is 2. The smallest absolute Gasteiger partial charge is 0.0722 e. The minimum Gasteiger partial charge on any atom is -0.391 e. The Morgan fingerprint density at radius 3 is 2.50 bits per heavy atom. The average molecular weight is 141 g/mol. The van der Waals surface area contributed by atoms with E-state index in [4.69, 9.17) is 5.73 Å². The molecule has 2 heteroatoms. The van der Waals surface area contributed by atoms with Gasteiger partial charge in [-0.15, -0.1) is 0 Å². The van der Waals surface area contributed by atoms with E-state index in [-0.39, 0.29) is 12.1 Å². The van der Waals surface area contributed by atoms with Gasteiger partial charge in [0.25, 0.3) is 0 Å². The van der Waals surface area contributed by atoms with Crippen molar-refractivity contribution < 1.29 is 5.11 Å². The average Bonchev–Trinajstić information content (AvgIpc) is 2.36. The van der Waals surface area contributed by atoms with Crippen molar-refractivity contribution in [2.75, 3.05) is 0 Å². The minimum atomic E-state index is -0.193. The molecule has 5 atom stereocenters. The molecule has 2 nitrogen and oxygen atoms in total. The molecule has 4 unspecified atom stereocenters. The molecule has 0 saturated heterocycles. The molecule has 0 aromatic rings. The van der Waals surface area contributed by atoms with Crippen LogP contribution in [0.5, 0.6) is 0 Å². The highest BCUT2D eigenvalue weighted by Gasteiger charge is 2.48. The van der Waals surface area contributed by atoms with Crippen LogP contribution < -0.4 is 5.73 Å². The van der Waals surface area contributed by atoms with Crippen molar-refractivity contribution in [1.29, 1.82) is 0 Å². The molecule has 0 aromatic carbocycles. The molecule has 10 heavy (non-hydrogen) atoms. The van der Waals surface area contributed by atoms with Crippen LogP contribution in [0.2, 0.25) is 0 Å². The maximum atomic E-state index is 9.48. The minimum absolute atomic E-state index is 0.0775. The lowest BCUT2D eigenvalue weighted by molar-refractivity contribution is 0.0785. The van der Waals surface area contributed by atoms with Gasteiger partial charge in [-0.05, 0) is 30.6 Å². The molecule has 0 spiro atoms. The third kappa shape index (κ3) is 0.663. The number of rotatable bonds is 0. The summed E-state index contributed by atoms with van der Waals surface area (Å²) >= 11 is 0. The van der Waals surface area contributed by atoms with Crippen molar-refractivity contribution >= 4 is 0 Å². The molecule has 58 valence electrons. The van der Waals surface area contributed by atoms with Crippen LogP contribution in [-0.4, -0.2) is 17.3 Å². The van der Waals surface area contributed by atoms with Gasteiger partial charge in [-0.25, -0.2) is 0 Å². The van der Waals surface area contributed by atoms with Crippen LogP contribution in [0.1, 0.15) is 19.8 Å². The summed E-state index contributed by atoms with van der Waals surface area (Å²) in [7, 11) is 0. The molecular weight excluding hydrogens is 126 g/mol. The SMILES string of the molecule is C[C@H]1CC2CC1C(N)C2O. The summed E-state index contributed by atoms with van der Waals surface area (Å²) in [5.41, 5.74) is 5.80. The molecular formula is C8H15NO. The molecule has 2 aliphatic rings. The molecule has 3 N–H and O–H groups in total. The summed E-state index contributed by atoms with van der Waals surface area (Å²) in [5, 5.41) is 9.48. The predicted molar refractivity (Wildman–Crippen MR) is 39.4 cm³/mol. The Morgan fingerprint density at radius 1 is 1.40 bits per heavy atom. The Morgan fingerprint density at radius 2 is 2.10 bits per heavy atom. The fourth-order valence-electron chi connectivity index (χ4n) is 2.71. The highest BCUT2D eigenvalue weighted by atomic mass is 16.3. The number of hydrogen-bond donors (Lipinski definition) is 2. The van der Waals surface area contributed by atoms with Crippen molar-refractivity contribution in [3.63, 3.8) is 0 Å². The predicted octanol–water partition coefficient (Wildman–Crippen LogP) is 0.350. The fourth-order valence-corrected chi connectivity index (χ4v) is 2.71. The zero-order valence-electron chi connectivity index (χ0n) is 6.33. The molecule has 0 heterocycles. The van der Waals surface area contributed by atoms with Gasteiger partial charge in [-0.3, -0.25) is 0 Å². The normalized spacial score (nSPS) is 59.7. The molecule has 2 rings (SSSR count). The Balaban J connectivity index is 2.16. The fraction of sp³-hybridized carbons (Fsp3) is 1.00. The zero-order chi connectivity index (χ0) is 7.30. The Kier molecular flexibility index (Phi) is 1.29. The monoisotopic (exact) mass is 141 g/mol. The molecule has 0 radical (unpaired) electrons. The first-order chi connectivity index (χ1) is 4.70. The number of aliphatic hydroxyl groups is 1. The molecule has 2 fully saturated rings. The van der Waals surface area contributed by atoms with E-state index in [1.165, 1.54) is 12.8 Å². The maximum absolute atomic E-state index is 9.48. The molecule has 0 aliphatic heterocycles. The van der Waals surface area contributed by atoms with E-state index in [1.807, 2.05) is 0 Å². The second-order valence-electron chi connectivity index (χ2n) is 3.94. The van der Waals surface area contributed by atoms with Gasteiger partial charge < -0.3 is 10.8 Å². The summed E-state index contributed by atoms with van der Waals surface area (Å²) < 4.78 is 0.